The molecule has 4 rings (SSSR count). The fraction of sp³-hybridized carbons (Fsp3) is 0.455. The molecule has 2 aromatic rings. The number of carbonyl (C=O) groups excluding carboxylic acids is 2. The quantitative estimate of drug-likeness (QED) is 0.454. The molecule has 194 valence electrons. The van der Waals surface area contributed by atoms with Crippen LogP contribution < -0.4 is 5.43 Å². The Morgan fingerprint density at radius 1 is 1.28 bits per heavy atom. The van der Waals surface area contributed by atoms with Crippen LogP contribution in [-0.4, -0.2) is 58.7 Å². The molecule has 3 heterocycles. The van der Waals surface area contributed by atoms with E-state index in [1.54, 1.807) is 17.0 Å². The van der Waals surface area contributed by atoms with Gasteiger partial charge in [-0.15, -0.1) is 11.3 Å². The maximum absolute atomic E-state index is 14.2. The fourth-order valence-electron chi connectivity index (χ4n) is 4.38. The highest BCUT2D eigenvalue weighted by Gasteiger charge is 2.41. The molecule has 0 saturated carbocycles. The van der Waals surface area contributed by atoms with Gasteiger partial charge < -0.3 is 9.74 Å². The molecule has 36 heavy (non-hydrogen) atoms. The van der Waals surface area contributed by atoms with Crippen molar-refractivity contribution in [3.8, 4) is 0 Å². The van der Waals surface area contributed by atoms with Gasteiger partial charge in [0.25, 0.3) is 0 Å². The van der Waals surface area contributed by atoms with Gasteiger partial charge in [-0.1, -0.05) is 11.2 Å². The Labute approximate surface area is 206 Å². The van der Waals surface area contributed by atoms with Crippen LogP contribution in [0.3, 0.4) is 0 Å². The van der Waals surface area contributed by atoms with Crippen LogP contribution in [0, 0.1) is 17.6 Å². The minimum atomic E-state index is -5.08. The molecule has 1 aromatic heterocycles. The second-order valence-corrected chi connectivity index (χ2v) is 9.43. The van der Waals surface area contributed by atoms with Crippen molar-refractivity contribution in [3.05, 3.63) is 52.0 Å². The summed E-state index contributed by atoms with van der Waals surface area (Å²) in [4.78, 5) is 35.3. The molecule has 1 N–H and O–H groups in total. The molecule has 2 aliphatic rings. The van der Waals surface area contributed by atoms with Crippen molar-refractivity contribution in [3.63, 3.8) is 0 Å². The van der Waals surface area contributed by atoms with Gasteiger partial charge in [-0.2, -0.15) is 13.2 Å². The SMILES string of the molecule is CN(CC(=O)N1CCC(C2=NOC(c3c(F)cccc3F)C2)CC1c1nccs1)NC(=O)C(F)(F)F. The van der Waals surface area contributed by atoms with Gasteiger partial charge in [0.05, 0.1) is 23.9 Å². The third-order valence-electron chi connectivity index (χ3n) is 6.07. The Morgan fingerprint density at radius 3 is 2.64 bits per heavy atom. The molecule has 3 unspecified atom stereocenters. The van der Waals surface area contributed by atoms with E-state index in [1.165, 1.54) is 29.4 Å². The van der Waals surface area contributed by atoms with Crippen LogP contribution in [0.15, 0.2) is 34.9 Å². The number of hydrazine groups is 1. The van der Waals surface area contributed by atoms with Gasteiger partial charge in [0.1, 0.15) is 16.6 Å². The van der Waals surface area contributed by atoms with Crippen molar-refractivity contribution in [2.24, 2.45) is 11.1 Å². The first-order valence-electron chi connectivity index (χ1n) is 11.0. The van der Waals surface area contributed by atoms with Crippen LogP contribution in [-0.2, 0) is 14.4 Å². The lowest BCUT2D eigenvalue weighted by molar-refractivity contribution is -0.178. The number of nitrogens with zero attached hydrogens (tertiary/aromatic N) is 4. The highest BCUT2D eigenvalue weighted by Crippen LogP contribution is 2.40. The number of carbonyl (C=O) groups is 2. The van der Waals surface area contributed by atoms with Crippen LogP contribution >= 0.6 is 11.3 Å². The standard InChI is InChI=1S/C22H22F5N5O3S/c1-31(29-21(34)22(25,26)27)11-18(33)32-7-5-12(9-16(32)20-28-6-8-36-20)15-10-17(35-30-15)19-13(23)3-2-4-14(19)24/h2-4,6,8,12,16-17H,5,7,9-11H2,1H3,(H,29,34). The number of alkyl halides is 3. The van der Waals surface area contributed by atoms with E-state index >= 15 is 0 Å². The Morgan fingerprint density at radius 2 is 2.00 bits per heavy atom. The summed E-state index contributed by atoms with van der Waals surface area (Å²) in [5.41, 5.74) is 2.06. The molecule has 1 aromatic carbocycles. The largest absolute Gasteiger partial charge is 0.472 e. The smallest absolute Gasteiger partial charge is 0.387 e. The van der Waals surface area contributed by atoms with Crippen LogP contribution in [0.1, 0.15) is 42.0 Å². The second-order valence-electron chi connectivity index (χ2n) is 8.51. The molecule has 0 aliphatic carbocycles. The minimum Gasteiger partial charge on any atom is -0.387 e. The summed E-state index contributed by atoms with van der Waals surface area (Å²) in [5.74, 6) is -4.27. The van der Waals surface area contributed by atoms with Crippen LogP contribution in [0.25, 0.3) is 0 Å². The van der Waals surface area contributed by atoms with Crippen molar-refractivity contribution in [1.29, 1.82) is 0 Å². The third kappa shape index (κ3) is 5.64. The predicted octanol–water partition coefficient (Wildman–Crippen LogP) is 3.74. The van der Waals surface area contributed by atoms with Gasteiger partial charge in [0.15, 0.2) is 6.10 Å². The van der Waals surface area contributed by atoms with E-state index in [0.29, 0.717) is 23.6 Å². The van der Waals surface area contributed by atoms with E-state index in [0.717, 1.165) is 17.1 Å². The number of halogens is 5. The Kier molecular flexibility index (Phi) is 7.54. The number of hydrogen-bond donors (Lipinski definition) is 1. The van der Waals surface area contributed by atoms with Gasteiger partial charge in [0, 0.05) is 37.5 Å². The number of thiazole rings is 1. The van der Waals surface area contributed by atoms with Gasteiger partial charge in [-0.3, -0.25) is 15.0 Å². The number of benzene rings is 1. The summed E-state index contributed by atoms with van der Waals surface area (Å²) in [7, 11) is 1.17. The normalized spacial score (nSPS) is 22.4. The average molecular weight is 532 g/mol. The molecule has 2 aliphatic heterocycles. The number of rotatable bonds is 6. The van der Waals surface area contributed by atoms with Gasteiger partial charge in [-0.05, 0) is 25.0 Å². The molecule has 0 spiro atoms. The van der Waals surface area contributed by atoms with E-state index in [1.807, 2.05) is 0 Å². The number of nitrogens with one attached hydrogen (secondary N) is 1. The molecule has 0 radical (unpaired) electrons. The van der Waals surface area contributed by atoms with E-state index in [-0.39, 0.29) is 24.4 Å². The maximum atomic E-state index is 14.2. The zero-order valence-corrected chi connectivity index (χ0v) is 19.8. The van der Waals surface area contributed by atoms with Crippen LogP contribution in [0.2, 0.25) is 0 Å². The van der Waals surface area contributed by atoms with E-state index in [4.69, 9.17) is 4.84 Å². The number of likely N-dealkylation sites (tertiary alicyclic amines) is 1. The molecular formula is C22H22F5N5O3S. The van der Waals surface area contributed by atoms with Gasteiger partial charge in [-0.25, -0.2) is 18.8 Å². The summed E-state index contributed by atoms with van der Waals surface area (Å²) >= 11 is 1.32. The monoisotopic (exact) mass is 531 g/mol. The molecule has 8 nitrogen and oxygen atoms in total. The maximum Gasteiger partial charge on any atom is 0.472 e. The van der Waals surface area contributed by atoms with Crippen molar-refractivity contribution in [1.82, 2.24) is 20.3 Å². The minimum absolute atomic E-state index is 0.162. The zero-order valence-electron chi connectivity index (χ0n) is 19.0. The van der Waals surface area contributed by atoms with Gasteiger partial charge in [0.2, 0.25) is 5.91 Å². The first-order chi connectivity index (χ1) is 17.0. The Hall–Kier alpha value is -3.13. The number of amides is 2. The van der Waals surface area contributed by atoms with E-state index < -0.39 is 48.3 Å². The third-order valence-corrected chi connectivity index (χ3v) is 6.94. The molecule has 14 heteroatoms. The van der Waals surface area contributed by atoms with Crippen LogP contribution in [0.4, 0.5) is 22.0 Å². The second kappa shape index (κ2) is 10.5. The number of piperidine rings is 1. The summed E-state index contributed by atoms with van der Waals surface area (Å²) in [6.45, 7) is -0.237. The van der Waals surface area contributed by atoms with E-state index in [9.17, 15) is 31.5 Å². The highest BCUT2D eigenvalue weighted by atomic mass is 32.1. The topological polar surface area (TPSA) is 87.1 Å². The number of oxime groups is 1. The number of aromatic nitrogens is 1. The zero-order chi connectivity index (χ0) is 26.0. The average Bonchev–Trinajstić information content (AvgIpc) is 3.51. The summed E-state index contributed by atoms with van der Waals surface area (Å²) in [6.07, 6.45) is -3.35. The van der Waals surface area contributed by atoms with Gasteiger partial charge >= 0.3 is 12.1 Å². The number of hydrogen-bond acceptors (Lipinski definition) is 7. The lowest BCUT2D eigenvalue weighted by Gasteiger charge is -2.39. The lowest BCUT2D eigenvalue weighted by Crippen LogP contribution is -2.52. The van der Waals surface area contributed by atoms with E-state index in [2.05, 4.69) is 10.1 Å². The fourth-order valence-corrected chi connectivity index (χ4v) is 5.14. The van der Waals surface area contributed by atoms with Crippen LogP contribution in [0.5, 0.6) is 0 Å². The summed E-state index contributed by atoms with van der Waals surface area (Å²) < 4.78 is 65.9. The summed E-state index contributed by atoms with van der Waals surface area (Å²) in [6, 6.07) is 3.07. The number of likely N-dealkylation sites (N-methyl/N-ethyl adjacent to an activating group) is 1. The van der Waals surface area contributed by atoms with Crippen molar-refractivity contribution >= 4 is 28.9 Å². The first kappa shape index (κ1) is 25.9. The Bertz CT molecular complexity index is 1120. The molecule has 1 fully saturated rings. The highest BCUT2D eigenvalue weighted by molar-refractivity contribution is 7.09. The van der Waals surface area contributed by atoms with Crippen molar-refractivity contribution < 1.29 is 36.4 Å². The predicted molar refractivity (Wildman–Crippen MR) is 118 cm³/mol. The molecule has 3 atom stereocenters. The van der Waals surface area contributed by atoms with Crippen molar-refractivity contribution in [2.75, 3.05) is 20.1 Å². The van der Waals surface area contributed by atoms with Crippen molar-refractivity contribution in [2.45, 2.75) is 37.6 Å². The first-order valence-corrected chi connectivity index (χ1v) is 11.9. The molecule has 0 bridgehead atoms. The molecule has 2 amide bonds. The molecule has 1 saturated heterocycles. The molecular weight excluding hydrogens is 509 g/mol. The summed E-state index contributed by atoms with van der Waals surface area (Å²) in [5, 5.41) is 7.24. The lowest BCUT2D eigenvalue weighted by atomic mass is 9.84. The Balaban J connectivity index is 1.44.